The van der Waals surface area contributed by atoms with E-state index in [2.05, 4.69) is 10.3 Å². The molecule has 7 nitrogen and oxygen atoms in total. The van der Waals surface area contributed by atoms with Crippen molar-refractivity contribution in [1.82, 2.24) is 9.88 Å². The number of para-hydroxylation sites is 1. The highest BCUT2D eigenvalue weighted by atomic mass is 19.1. The number of nitrogens with one attached hydrogen (secondary N) is 1. The molecule has 1 aromatic carbocycles. The van der Waals surface area contributed by atoms with Crippen LogP contribution in [0.1, 0.15) is 23.2 Å². The van der Waals surface area contributed by atoms with E-state index in [9.17, 15) is 19.3 Å². The second-order valence-electron chi connectivity index (χ2n) is 5.84. The van der Waals surface area contributed by atoms with E-state index in [0.717, 1.165) is 6.07 Å². The molecule has 25 heavy (non-hydrogen) atoms. The molecule has 1 saturated heterocycles. The minimum absolute atomic E-state index is 0.0537. The third-order valence-electron chi connectivity index (χ3n) is 4.24. The van der Waals surface area contributed by atoms with Gasteiger partial charge in [0.15, 0.2) is 0 Å². The summed E-state index contributed by atoms with van der Waals surface area (Å²) < 4.78 is 13.7. The molecule has 8 heteroatoms. The SMILES string of the molecule is O=C(c1ccncc1)N1CCC(Nc2cccc(F)c2[N+](=O)[O-])CC1. The van der Waals surface area contributed by atoms with E-state index < -0.39 is 16.4 Å². The smallest absolute Gasteiger partial charge is 0.327 e. The summed E-state index contributed by atoms with van der Waals surface area (Å²) in [5, 5.41) is 14.1. The van der Waals surface area contributed by atoms with Gasteiger partial charge in [0.25, 0.3) is 5.91 Å². The molecule has 2 heterocycles. The largest absolute Gasteiger partial charge is 0.377 e. The topological polar surface area (TPSA) is 88.4 Å². The van der Waals surface area contributed by atoms with Gasteiger partial charge in [0.2, 0.25) is 5.82 Å². The van der Waals surface area contributed by atoms with Crippen molar-refractivity contribution in [1.29, 1.82) is 0 Å². The number of nitro benzene ring substituents is 1. The molecular weight excluding hydrogens is 327 g/mol. The van der Waals surface area contributed by atoms with Crippen LogP contribution in [0.4, 0.5) is 15.8 Å². The summed E-state index contributed by atoms with van der Waals surface area (Å²) in [6, 6.07) is 7.29. The lowest BCUT2D eigenvalue weighted by Crippen LogP contribution is -2.42. The summed E-state index contributed by atoms with van der Waals surface area (Å²) in [5.41, 5.74) is 0.212. The van der Waals surface area contributed by atoms with Crippen molar-refractivity contribution in [3.8, 4) is 0 Å². The molecule has 1 aliphatic rings. The molecule has 1 N–H and O–H groups in total. The maximum absolute atomic E-state index is 13.7. The van der Waals surface area contributed by atoms with Gasteiger partial charge in [-0.05, 0) is 37.1 Å². The number of nitrogens with zero attached hydrogens (tertiary/aromatic N) is 3. The molecule has 3 rings (SSSR count). The lowest BCUT2D eigenvalue weighted by molar-refractivity contribution is -0.386. The van der Waals surface area contributed by atoms with Crippen molar-refractivity contribution in [3.05, 3.63) is 64.2 Å². The van der Waals surface area contributed by atoms with Gasteiger partial charge >= 0.3 is 5.69 Å². The summed E-state index contributed by atoms with van der Waals surface area (Å²) in [6.45, 7) is 1.06. The van der Waals surface area contributed by atoms with Crippen LogP contribution in [0.2, 0.25) is 0 Å². The van der Waals surface area contributed by atoms with Gasteiger partial charge in [-0.25, -0.2) is 0 Å². The first-order chi connectivity index (χ1) is 12.1. The molecule has 1 aromatic heterocycles. The van der Waals surface area contributed by atoms with Crippen LogP contribution < -0.4 is 5.32 Å². The molecule has 0 saturated carbocycles. The predicted molar refractivity (Wildman–Crippen MR) is 89.8 cm³/mol. The van der Waals surface area contributed by atoms with Crippen molar-refractivity contribution in [3.63, 3.8) is 0 Å². The maximum Gasteiger partial charge on any atom is 0.327 e. The van der Waals surface area contributed by atoms with Gasteiger partial charge in [0, 0.05) is 37.1 Å². The molecule has 0 atom stereocenters. The third-order valence-corrected chi connectivity index (χ3v) is 4.24. The number of halogens is 1. The number of pyridine rings is 1. The van der Waals surface area contributed by atoms with E-state index in [4.69, 9.17) is 0 Å². The highest BCUT2D eigenvalue weighted by Crippen LogP contribution is 2.29. The first kappa shape index (κ1) is 16.8. The zero-order chi connectivity index (χ0) is 17.8. The molecule has 0 radical (unpaired) electrons. The van der Waals surface area contributed by atoms with Gasteiger partial charge in [-0.1, -0.05) is 6.07 Å². The van der Waals surface area contributed by atoms with Gasteiger partial charge < -0.3 is 10.2 Å². The number of anilines is 1. The Morgan fingerprint density at radius 2 is 1.92 bits per heavy atom. The number of piperidine rings is 1. The van der Waals surface area contributed by atoms with Crippen LogP contribution in [-0.4, -0.2) is 39.8 Å². The zero-order valence-electron chi connectivity index (χ0n) is 13.4. The van der Waals surface area contributed by atoms with Crippen molar-refractivity contribution in [2.45, 2.75) is 18.9 Å². The lowest BCUT2D eigenvalue weighted by Gasteiger charge is -2.32. The van der Waals surface area contributed by atoms with Crippen molar-refractivity contribution >= 4 is 17.3 Å². The first-order valence-electron chi connectivity index (χ1n) is 7.95. The summed E-state index contributed by atoms with van der Waals surface area (Å²) >= 11 is 0. The first-order valence-corrected chi connectivity index (χ1v) is 7.95. The van der Waals surface area contributed by atoms with E-state index in [-0.39, 0.29) is 17.6 Å². The standard InChI is InChI=1S/C17H17FN4O3/c18-14-2-1-3-15(16(14)22(24)25)20-13-6-10-21(11-7-13)17(23)12-4-8-19-9-5-12/h1-5,8-9,13,20H,6-7,10-11H2. The van der Waals surface area contributed by atoms with E-state index in [1.807, 2.05) is 0 Å². The number of amides is 1. The fourth-order valence-corrected chi connectivity index (χ4v) is 2.94. The Morgan fingerprint density at radius 3 is 2.56 bits per heavy atom. The van der Waals surface area contributed by atoms with E-state index in [0.29, 0.717) is 31.5 Å². The minimum atomic E-state index is -0.861. The third kappa shape index (κ3) is 3.73. The average Bonchev–Trinajstić information content (AvgIpc) is 2.62. The number of carbonyl (C=O) groups excluding carboxylic acids is 1. The summed E-state index contributed by atoms with van der Waals surface area (Å²) in [7, 11) is 0. The molecule has 130 valence electrons. The van der Waals surface area contributed by atoms with Crippen LogP contribution in [0, 0.1) is 15.9 Å². The van der Waals surface area contributed by atoms with Gasteiger partial charge in [0.1, 0.15) is 5.69 Å². The Bertz CT molecular complexity index is 777. The van der Waals surface area contributed by atoms with Gasteiger partial charge in [-0.3, -0.25) is 19.9 Å². The number of carbonyl (C=O) groups is 1. The van der Waals surface area contributed by atoms with Crippen LogP contribution in [0.25, 0.3) is 0 Å². The Hall–Kier alpha value is -3.03. The number of aromatic nitrogens is 1. The molecular formula is C17H17FN4O3. The van der Waals surface area contributed by atoms with E-state index in [1.165, 1.54) is 12.1 Å². The number of hydrogen-bond donors (Lipinski definition) is 1. The molecule has 0 spiro atoms. The number of likely N-dealkylation sites (tertiary alicyclic amines) is 1. The van der Waals surface area contributed by atoms with Crippen LogP contribution in [0.5, 0.6) is 0 Å². The molecule has 0 bridgehead atoms. The average molecular weight is 344 g/mol. The fourth-order valence-electron chi connectivity index (χ4n) is 2.94. The number of nitro groups is 1. The van der Waals surface area contributed by atoms with Crippen molar-refractivity contribution < 1.29 is 14.1 Å². The lowest BCUT2D eigenvalue weighted by atomic mass is 10.0. The van der Waals surface area contributed by atoms with Gasteiger partial charge in [-0.15, -0.1) is 0 Å². The normalized spacial score (nSPS) is 15.0. The highest BCUT2D eigenvalue weighted by Gasteiger charge is 2.26. The summed E-state index contributed by atoms with van der Waals surface area (Å²) in [5.74, 6) is -0.919. The maximum atomic E-state index is 13.7. The quantitative estimate of drug-likeness (QED) is 0.680. The monoisotopic (exact) mass is 344 g/mol. The fraction of sp³-hybridized carbons (Fsp3) is 0.294. The van der Waals surface area contributed by atoms with E-state index in [1.54, 1.807) is 29.4 Å². The summed E-state index contributed by atoms with van der Waals surface area (Å²) in [6.07, 6.45) is 4.41. The van der Waals surface area contributed by atoms with E-state index >= 15 is 0 Å². The predicted octanol–water partition coefficient (Wildman–Crippen LogP) is 2.85. The Labute approximate surface area is 143 Å². The highest BCUT2D eigenvalue weighted by molar-refractivity contribution is 5.94. The van der Waals surface area contributed by atoms with Crippen LogP contribution in [0.3, 0.4) is 0 Å². The molecule has 1 aliphatic heterocycles. The number of rotatable bonds is 4. The second-order valence-corrected chi connectivity index (χ2v) is 5.84. The Kier molecular flexibility index (Phi) is 4.87. The van der Waals surface area contributed by atoms with Crippen LogP contribution in [-0.2, 0) is 0 Å². The number of hydrogen-bond acceptors (Lipinski definition) is 5. The van der Waals surface area contributed by atoms with Crippen molar-refractivity contribution in [2.24, 2.45) is 0 Å². The van der Waals surface area contributed by atoms with Crippen LogP contribution in [0.15, 0.2) is 42.7 Å². The van der Waals surface area contributed by atoms with Gasteiger partial charge in [-0.2, -0.15) is 4.39 Å². The summed E-state index contributed by atoms with van der Waals surface area (Å²) in [4.78, 5) is 28.4. The molecule has 1 amide bonds. The molecule has 0 aliphatic carbocycles. The molecule has 2 aromatic rings. The Morgan fingerprint density at radius 1 is 1.24 bits per heavy atom. The van der Waals surface area contributed by atoms with Crippen LogP contribution >= 0.6 is 0 Å². The van der Waals surface area contributed by atoms with Gasteiger partial charge in [0.05, 0.1) is 4.92 Å². The Balaban J connectivity index is 1.63. The molecule has 0 unspecified atom stereocenters. The number of benzene rings is 1. The zero-order valence-corrected chi connectivity index (χ0v) is 13.4. The second kappa shape index (κ2) is 7.25. The minimum Gasteiger partial charge on any atom is -0.377 e. The molecule has 1 fully saturated rings. The van der Waals surface area contributed by atoms with Crippen molar-refractivity contribution in [2.75, 3.05) is 18.4 Å².